The highest BCUT2D eigenvalue weighted by Crippen LogP contribution is 2.28. The van der Waals surface area contributed by atoms with Gasteiger partial charge >= 0.3 is 0 Å². The maximum absolute atomic E-state index is 9.93. The Balaban J connectivity index is 2.10. The second-order valence-corrected chi connectivity index (χ2v) is 4.22. The quantitative estimate of drug-likeness (QED) is 0.850. The summed E-state index contributed by atoms with van der Waals surface area (Å²) in [5.41, 5.74) is 1.68. The van der Waals surface area contributed by atoms with Gasteiger partial charge in [-0.05, 0) is 29.8 Å². The number of nitrogens with zero attached hydrogens (tertiary/aromatic N) is 1. The number of benzene rings is 2. The Morgan fingerprint density at radius 3 is 2.65 bits per heavy atom. The summed E-state index contributed by atoms with van der Waals surface area (Å²) in [6.07, 6.45) is 1.64. The summed E-state index contributed by atoms with van der Waals surface area (Å²) in [5, 5.41) is 9.93. The molecule has 0 radical (unpaired) electrons. The van der Waals surface area contributed by atoms with Gasteiger partial charge < -0.3 is 14.6 Å². The zero-order valence-electron chi connectivity index (χ0n) is 11.5. The number of methoxy groups -OCH3 is 2. The SMILES string of the molecule is COc1cccc(CN=Cc2cccc(OC)c2O)c1. The lowest BCUT2D eigenvalue weighted by Gasteiger charge is -2.05. The van der Waals surface area contributed by atoms with Crippen molar-refractivity contribution in [3.63, 3.8) is 0 Å². The Morgan fingerprint density at radius 2 is 1.90 bits per heavy atom. The second-order valence-electron chi connectivity index (χ2n) is 4.22. The van der Waals surface area contributed by atoms with Crippen LogP contribution >= 0.6 is 0 Å². The molecule has 0 heterocycles. The Morgan fingerprint density at radius 1 is 1.10 bits per heavy atom. The molecule has 2 aromatic rings. The van der Waals surface area contributed by atoms with E-state index in [0.29, 0.717) is 17.9 Å². The minimum Gasteiger partial charge on any atom is -0.504 e. The van der Waals surface area contributed by atoms with E-state index in [2.05, 4.69) is 4.99 Å². The van der Waals surface area contributed by atoms with E-state index in [1.807, 2.05) is 30.3 Å². The molecule has 2 rings (SSSR count). The average Bonchev–Trinajstić information content (AvgIpc) is 2.49. The van der Waals surface area contributed by atoms with Crippen LogP contribution < -0.4 is 9.47 Å². The lowest BCUT2D eigenvalue weighted by molar-refractivity contribution is 0.373. The molecule has 0 aliphatic rings. The van der Waals surface area contributed by atoms with Crippen molar-refractivity contribution in [2.45, 2.75) is 6.54 Å². The summed E-state index contributed by atoms with van der Waals surface area (Å²) in [6.45, 7) is 0.522. The number of aromatic hydroxyl groups is 1. The fraction of sp³-hybridized carbons (Fsp3) is 0.188. The first-order chi connectivity index (χ1) is 9.74. The number of rotatable bonds is 5. The van der Waals surface area contributed by atoms with E-state index in [1.165, 1.54) is 7.11 Å². The van der Waals surface area contributed by atoms with Gasteiger partial charge in [0.1, 0.15) is 5.75 Å². The van der Waals surface area contributed by atoms with Crippen LogP contribution in [0, 0.1) is 0 Å². The summed E-state index contributed by atoms with van der Waals surface area (Å²) < 4.78 is 10.2. The first kappa shape index (κ1) is 13.9. The number of aliphatic imine (C=N–C) groups is 1. The zero-order chi connectivity index (χ0) is 14.4. The third kappa shape index (κ3) is 3.29. The lowest BCUT2D eigenvalue weighted by Crippen LogP contribution is -1.90. The van der Waals surface area contributed by atoms with Crippen LogP contribution in [0.5, 0.6) is 17.2 Å². The second kappa shape index (κ2) is 6.61. The Kier molecular flexibility index (Phi) is 4.60. The van der Waals surface area contributed by atoms with Crippen LogP contribution in [0.15, 0.2) is 47.5 Å². The van der Waals surface area contributed by atoms with Crippen molar-refractivity contribution >= 4 is 6.21 Å². The van der Waals surface area contributed by atoms with Crippen LogP contribution in [0.25, 0.3) is 0 Å². The van der Waals surface area contributed by atoms with Gasteiger partial charge in [-0.2, -0.15) is 0 Å². The van der Waals surface area contributed by atoms with Crippen molar-refractivity contribution in [2.75, 3.05) is 14.2 Å². The van der Waals surface area contributed by atoms with Crippen molar-refractivity contribution < 1.29 is 14.6 Å². The molecule has 0 aromatic heterocycles. The van der Waals surface area contributed by atoms with Gasteiger partial charge in [0.2, 0.25) is 0 Å². The molecule has 0 amide bonds. The van der Waals surface area contributed by atoms with E-state index >= 15 is 0 Å². The molecule has 20 heavy (non-hydrogen) atoms. The maximum atomic E-state index is 9.93. The van der Waals surface area contributed by atoms with Crippen LogP contribution in [-0.4, -0.2) is 25.5 Å². The zero-order valence-corrected chi connectivity index (χ0v) is 11.5. The highest BCUT2D eigenvalue weighted by atomic mass is 16.5. The summed E-state index contributed by atoms with van der Waals surface area (Å²) in [5.74, 6) is 1.35. The molecular weight excluding hydrogens is 254 g/mol. The number of hydrogen-bond donors (Lipinski definition) is 1. The Labute approximate surface area is 118 Å². The molecule has 0 aliphatic heterocycles. The highest BCUT2D eigenvalue weighted by Gasteiger charge is 2.04. The third-order valence-electron chi connectivity index (χ3n) is 2.89. The van der Waals surface area contributed by atoms with Crippen molar-refractivity contribution in [2.24, 2.45) is 4.99 Å². The molecule has 4 nitrogen and oxygen atoms in total. The minimum absolute atomic E-state index is 0.101. The first-order valence-corrected chi connectivity index (χ1v) is 6.23. The fourth-order valence-corrected chi connectivity index (χ4v) is 1.83. The standard InChI is InChI=1S/C16H17NO3/c1-19-14-7-3-5-12(9-14)10-17-11-13-6-4-8-15(20-2)16(13)18/h3-9,11,18H,10H2,1-2H3. The molecule has 0 bridgehead atoms. The van der Waals surface area contributed by atoms with Gasteiger partial charge in [-0.3, -0.25) is 4.99 Å². The molecule has 4 heteroatoms. The third-order valence-corrected chi connectivity index (χ3v) is 2.89. The van der Waals surface area contributed by atoms with E-state index < -0.39 is 0 Å². The molecule has 0 saturated carbocycles. The summed E-state index contributed by atoms with van der Waals surface area (Å²) in [7, 11) is 3.16. The number of hydrogen-bond acceptors (Lipinski definition) is 4. The Hall–Kier alpha value is -2.49. The van der Waals surface area contributed by atoms with Gasteiger partial charge in [-0.25, -0.2) is 0 Å². The van der Waals surface area contributed by atoms with Gasteiger partial charge in [0, 0.05) is 11.8 Å². The molecular formula is C16H17NO3. The van der Waals surface area contributed by atoms with Crippen molar-refractivity contribution in [1.29, 1.82) is 0 Å². The van der Waals surface area contributed by atoms with Gasteiger partial charge in [0.25, 0.3) is 0 Å². The van der Waals surface area contributed by atoms with Gasteiger partial charge in [-0.15, -0.1) is 0 Å². The van der Waals surface area contributed by atoms with Crippen LogP contribution in [0.3, 0.4) is 0 Å². The summed E-state index contributed by atoms with van der Waals surface area (Å²) in [6, 6.07) is 13.0. The number of para-hydroxylation sites is 1. The van der Waals surface area contributed by atoms with Crippen LogP contribution in [0.4, 0.5) is 0 Å². The monoisotopic (exact) mass is 271 g/mol. The van der Waals surface area contributed by atoms with Crippen LogP contribution in [0.2, 0.25) is 0 Å². The summed E-state index contributed by atoms with van der Waals surface area (Å²) >= 11 is 0. The first-order valence-electron chi connectivity index (χ1n) is 6.23. The molecule has 0 aliphatic carbocycles. The normalized spacial score (nSPS) is 10.7. The van der Waals surface area contributed by atoms with Crippen molar-refractivity contribution in [1.82, 2.24) is 0 Å². The van der Waals surface area contributed by atoms with E-state index in [1.54, 1.807) is 25.5 Å². The number of phenols is 1. The van der Waals surface area contributed by atoms with Crippen molar-refractivity contribution in [3.8, 4) is 17.2 Å². The topological polar surface area (TPSA) is 51.0 Å². The van der Waals surface area contributed by atoms with Crippen LogP contribution in [-0.2, 0) is 6.54 Å². The van der Waals surface area contributed by atoms with Gasteiger partial charge in [0.05, 0.1) is 20.8 Å². The predicted molar refractivity (Wildman–Crippen MR) is 79.0 cm³/mol. The van der Waals surface area contributed by atoms with E-state index in [4.69, 9.17) is 9.47 Å². The van der Waals surface area contributed by atoms with Gasteiger partial charge in [0.15, 0.2) is 11.5 Å². The maximum Gasteiger partial charge on any atom is 0.166 e. The van der Waals surface area contributed by atoms with Crippen molar-refractivity contribution in [3.05, 3.63) is 53.6 Å². The number of ether oxygens (including phenoxy) is 2. The highest BCUT2D eigenvalue weighted by molar-refractivity contribution is 5.84. The minimum atomic E-state index is 0.101. The van der Waals surface area contributed by atoms with Gasteiger partial charge in [-0.1, -0.05) is 18.2 Å². The smallest absolute Gasteiger partial charge is 0.166 e. The van der Waals surface area contributed by atoms with E-state index in [0.717, 1.165) is 11.3 Å². The summed E-state index contributed by atoms with van der Waals surface area (Å²) in [4.78, 5) is 4.33. The fourth-order valence-electron chi connectivity index (χ4n) is 1.83. The van der Waals surface area contributed by atoms with Crippen LogP contribution in [0.1, 0.15) is 11.1 Å². The number of phenolic OH excluding ortho intramolecular Hbond substituents is 1. The molecule has 0 fully saturated rings. The average molecular weight is 271 g/mol. The van der Waals surface area contributed by atoms with E-state index in [-0.39, 0.29) is 5.75 Å². The molecule has 0 atom stereocenters. The largest absolute Gasteiger partial charge is 0.504 e. The lowest BCUT2D eigenvalue weighted by atomic mass is 10.2. The predicted octanol–water partition coefficient (Wildman–Crippen LogP) is 3.03. The van der Waals surface area contributed by atoms with E-state index in [9.17, 15) is 5.11 Å². The molecule has 0 unspecified atom stereocenters. The molecule has 2 aromatic carbocycles. The molecule has 104 valence electrons. The molecule has 0 saturated heterocycles. The molecule has 1 N–H and O–H groups in total. The molecule has 0 spiro atoms. The Bertz CT molecular complexity index is 608.